The first-order chi connectivity index (χ1) is 15.8. The Morgan fingerprint density at radius 1 is 1.30 bits per heavy atom. The van der Waals surface area contributed by atoms with E-state index in [1.165, 1.54) is 4.88 Å². The molecule has 0 fully saturated rings. The number of hydrogen-bond acceptors (Lipinski definition) is 8. The van der Waals surface area contributed by atoms with E-state index in [0.29, 0.717) is 23.4 Å². The summed E-state index contributed by atoms with van der Waals surface area (Å²) in [7, 11) is 0. The largest absolute Gasteiger partial charge is 0.490 e. The van der Waals surface area contributed by atoms with Gasteiger partial charge in [0.1, 0.15) is 25.1 Å². The number of amides is 1. The second-order valence-electron chi connectivity index (χ2n) is 8.35. The van der Waals surface area contributed by atoms with Gasteiger partial charge in [-0.3, -0.25) is 4.79 Å². The predicted molar refractivity (Wildman–Crippen MR) is 127 cm³/mol. The van der Waals surface area contributed by atoms with Crippen molar-refractivity contribution in [2.24, 2.45) is 5.92 Å². The molecule has 0 aliphatic rings. The summed E-state index contributed by atoms with van der Waals surface area (Å²) in [6, 6.07) is 8.03. The molecular formula is C24H31N3O5S. The van der Waals surface area contributed by atoms with Crippen LogP contribution in [0, 0.1) is 12.8 Å². The van der Waals surface area contributed by atoms with E-state index in [0.717, 1.165) is 34.4 Å². The van der Waals surface area contributed by atoms with Gasteiger partial charge >= 0.3 is 0 Å². The van der Waals surface area contributed by atoms with Crippen LogP contribution in [0.2, 0.25) is 0 Å². The minimum Gasteiger partial charge on any atom is -0.490 e. The van der Waals surface area contributed by atoms with Crippen LogP contribution in [0.15, 0.2) is 28.8 Å². The number of aryl methyl sites for hydroxylation is 2. The van der Waals surface area contributed by atoms with Gasteiger partial charge in [0.25, 0.3) is 5.89 Å². The minimum atomic E-state index is -0.893. The van der Waals surface area contributed by atoms with E-state index in [-0.39, 0.29) is 13.2 Å². The summed E-state index contributed by atoms with van der Waals surface area (Å²) in [6.45, 7) is 7.75. The number of aliphatic hydroxyl groups excluding tert-OH is 2. The normalized spacial score (nSPS) is 12.2. The first-order valence-corrected chi connectivity index (χ1v) is 11.9. The summed E-state index contributed by atoms with van der Waals surface area (Å²) < 4.78 is 11.4. The van der Waals surface area contributed by atoms with Crippen molar-refractivity contribution in [2.75, 3.05) is 19.8 Å². The molecule has 2 heterocycles. The molecule has 33 heavy (non-hydrogen) atoms. The Kier molecular flexibility index (Phi) is 8.60. The molecule has 3 rings (SSSR count). The zero-order chi connectivity index (χ0) is 24.0. The molecule has 178 valence electrons. The third-order valence-electron chi connectivity index (χ3n) is 5.00. The number of carbonyl (C=O) groups excluding carboxylic acids is 1. The van der Waals surface area contributed by atoms with Gasteiger partial charge in [0.05, 0.1) is 4.88 Å². The average Bonchev–Trinajstić information content (AvgIpc) is 3.45. The molecule has 9 heteroatoms. The summed E-state index contributed by atoms with van der Waals surface area (Å²) in [5, 5.41) is 25.4. The molecule has 8 nitrogen and oxygen atoms in total. The maximum atomic E-state index is 11.1. The lowest BCUT2D eigenvalue weighted by molar-refractivity contribution is -0.124. The van der Waals surface area contributed by atoms with Crippen molar-refractivity contribution >= 4 is 17.2 Å². The third kappa shape index (κ3) is 6.63. The second-order valence-corrected chi connectivity index (χ2v) is 9.52. The lowest BCUT2D eigenvalue weighted by Crippen LogP contribution is -2.36. The Bertz CT molecular complexity index is 1080. The molecule has 0 radical (unpaired) electrons. The lowest BCUT2D eigenvalue weighted by Gasteiger charge is -2.17. The van der Waals surface area contributed by atoms with E-state index < -0.39 is 18.6 Å². The van der Waals surface area contributed by atoms with Gasteiger partial charge in [-0.05, 0) is 61.1 Å². The molecule has 0 saturated heterocycles. The van der Waals surface area contributed by atoms with E-state index in [1.807, 2.05) is 32.0 Å². The van der Waals surface area contributed by atoms with Crippen molar-refractivity contribution < 1.29 is 24.3 Å². The topological polar surface area (TPSA) is 118 Å². The first-order valence-electron chi connectivity index (χ1n) is 11.1. The van der Waals surface area contributed by atoms with Crippen LogP contribution >= 0.6 is 11.3 Å². The minimum absolute atomic E-state index is 0.00518. The fourth-order valence-corrected chi connectivity index (χ4v) is 4.56. The average molecular weight is 474 g/mol. The second kappa shape index (κ2) is 11.4. The highest BCUT2D eigenvalue weighted by Crippen LogP contribution is 2.33. The smallest absolute Gasteiger partial charge is 0.268 e. The number of ether oxygens (including phenoxy) is 1. The molecule has 1 atom stereocenters. The van der Waals surface area contributed by atoms with Gasteiger partial charge in [0, 0.05) is 17.0 Å². The molecule has 0 bridgehead atoms. The zero-order valence-corrected chi connectivity index (χ0v) is 20.2. The van der Waals surface area contributed by atoms with Gasteiger partial charge in [0.2, 0.25) is 11.7 Å². The number of thiophene rings is 1. The zero-order valence-electron chi connectivity index (χ0n) is 19.4. The van der Waals surface area contributed by atoms with Crippen molar-refractivity contribution in [1.29, 1.82) is 0 Å². The molecule has 1 amide bonds. The van der Waals surface area contributed by atoms with Crippen molar-refractivity contribution in [3.8, 4) is 27.9 Å². The van der Waals surface area contributed by atoms with E-state index in [1.54, 1.807) is 11.3 Å². The molecule has 2 aromatic heterocycles. The number of rotatable bonds is 11. The number of aromatic nitrogens is 2. The number of aliphatic hydroxyl groups is 2. The van der Waals surface area contributed by atoms with E-state index in [2.05, 4.69) is 35.4 Å². The Hall–Kier alpha value is -2.75. The molecular weight excluding hydrogens is 442 g/mol. The molecule has 0 saturated carbocycles. The van der Waals surface area contributed by atoms with Gasteiger partial charge in [-0.15, -0.1) is 11.3 Å². The van der Waals surface area contributed by atoms with Gasteiger partial charge in [-0.1, -0.05) is 25.9 Å². The molecule has 1 unspecified atom stereocenters. The summed E-state index contributed by atoms with van der Waals surface area (Å²) in [4.78, 5) is 18.0. The fraction of sp³-hybridized carbons (Fsp3) is 0.458. The Morgan fingerprint density at radius 3 is 2.79 bits per heavy atom. The maximum absolute atomic E-state index is 11.1. The molecule has 3 N–H and O–H groups in total. The maximum Gasteiger partial charge on any atom is 0.268 e. The van der Waals surface area contributed by atoms with Crippen LogP contribution in [0.25, 0.3) is 22.2 Å². The number of hydrogen-bond donors (Lipinski definition) is 3. The Morgan fingerprint density at radius 2 is 2.09 bits per heavy atom. The van der Waals surface area contributed by atoms with Crippen LogP contribution in [0.4, 0.5) is 0 Å². The van der Waals surface area contributed by atoms with Crippen LogP contribution in [-0.2, 0) is 17.6 Å². The summed E-state index contributed by atoms with van der Waals surface area (Å²) in [6.07, 6.45) is 0.847. The SMILES string of the molecule is CCc1cc(-c2noc(-c3ccc(CC(C)C)s3)n2)cc(C)c1OCC(O)CNC(=O)CO. The quantitative estimate of drug-likeness (QED) is 0.391. The van der Waals surface area contributed by atoms with E-state index in [9.17, 15) is 9.90 Å². The Balaban J connectivity index is 1.73. The molecule has 0 aliphatic carbocycles. The van der Waals surface area contributed by atoms with Crippen molar-refractivity contribution in [2.45, 2.75) is 46.6 Å². The van der Waals surface area contributed by atoms with E-state index in [4.69, 9.17) is 14.4 Å². The van der Waals surface area contributed by atoms with Gasteiger partial charge in [-0.2, -0.15) is 4.98 Å². The predicted octanol–water partition coefficient (Wildman–Crippen LogP) is 3.38. The van der Waals surface area contributed by atoms with Crippen LogP contribution in [-0.4, -0.2) is 52.1 Å². The molecule has 1 aromatic carbocycles. The van der Waals surface area contributed by atoms with Gasteiger partial charge in [0.15, 0.2) is 0 Å². The summed E-state index contributed by atoms with van der Waals surface area (Å²) in [5.41, 5.74) is 2.68. The highest BCUT2D eigenvalue weighted by atomic mass is 32.1. The van der Waals surface area contributed by atoms with E-state index >= 15 is 0 Å². The number of benzene rings is 1. The molecule has 0 spiro atoms. The standard InChI is InChI=1S/C24H31N3O5S/c1-5-16-10-17(9-15(4)22(16)31-13-18(29)11-25-21(30)12-28)23-26-24(32-27-23)20-7-6-19(33-20)8-14(2)3/h6-7,9-10,14,18,28-29H,5,8,11-13H2,1-4H3,(H,25,30). The van der Waals surface area contributed by atoms with Crippen LogP contribution < -0.4 is 10.1 Å². The fourth-order valence-electron chi connectivity index (χ4n) is 3.42. The first kappa shape index (κ1) is 24.9. The molecule has 0 aliphatic heterocycles. The summed E-state index contributed by atoms with van der Waals surface area (Å²) in [5.74, 6) is 1.76. The van der Waals surface area contributed by atoms with Gasteiger partial charge in [-0.25, -0.2) is 0 Å². The number of carbonyl (C=O) groups is 1. The number of nitrogens with zero attached hydrogens (tertiary/aromatic N) is 2. The number of nitrogens with one attached hydrogen (secondary N) is 1. The van der Waals surface area contributed by atoms with Crippen molar-refractivity contribution in [3.05, 3.63) is 40.3 Å². The van der Waals surface area contributed by atoms with Gasteiger partial charge < -0.3 is 24.8 Å². The summed E-state index contributed by atoms with van der Waals surface area (Å²) >= 11 is 1.67. The van der Waals surface area contributed by atoms with Crippen molar-refractivity contribution in [1.82, 2.24) is 15.5 Å². The van der Waals surface area contributed by atoms with Crippen LogP contribution in [0.5, 0.6) is 5.75 Å². The monoisotopic (exact) mass is 473 g/mol. The third-order valence-corrected chi connectivity index (χ3v) is 6.09. The highest BCUT2D eigenvalue weighted by molar-refractivity contribution is 7.15. The van der Waals surface area contributed by atoms with Crippen LogP contribution in [0.1, 0.15) is 36.8 Å². The van der Waals surface area contributed by atoms with Crippen LogP contribution in [0.3, 0.4) is 0 Å². The highest BCUT2D eigenvalue weighted by Gasteiger charge is 2.17. The lowest BCUT2D eigenvalue weighted by atomic mass is 10.0. The Labute approximate surface area is 197 Å². The van der Waals surface area contributed by atoms with Crippen molar-refractivity contribution in [3.63, 3.8) is 0 Å². The molecule has 3 aromatic rings.